The van der Waals surface area contributed by atoms with Gasteiger partial charge in [0.1, 0.15) is 11.4 Å². The molecule has 31 heavy (non-hydrogen) atoms. The maximum absolute atomic E-state index is 13.1. The van der Waals surface area contributed by atoms with Crippen LogP contribution in [0.5, 0.6) is 5.75 Å². The highest BCUT2D eigenvalue weighted by Gasteiger charge is 2.48. The molecule has 6 heteroatoms. The monoisotopic (exact) mass is 428 g/mol. The fourth-order valence-electron chi connectivity index (χ4n) is 5.46. The first-order chi connectivity index (χ1) is 15.0. The van der Waals surface area contributed by atoms with Crippen molar-refractivity contribution >= 4 is 11.9 Å². The molecule has 0 N–H and O–H groups in total. The third kappa shape index (κ3) is 4.74. The molecule has 6 nitrogen and oxygen atoms in total. The zero-order chi connectivity index (χ0) is 21.8. The van der Waals surface area contributed by atoms with Gasteiger partial charge < -0.3 is 19.3 Å². The SMILES string of the molecule is COc1ccc2c(c1)C(=O)OC21CCC(C(=O)N(C)CCN2CCCCCCC2)CC1. The van der Waals surface area contributed by atoms with Gasteiger partial charge in [-0.25, -0.2) is 4.79 Å². The van der Waals surface area contributed by atoms with E-state index in [4.69, 9.17) is 9.47 Å². The van der Waals surface area contributed by atoms with Crippen LogP contribution in [0.3, 0.4) is 0 Å². The largest absolute Gasteiger partial charge is 0.497 e. The Hall–Kier alpha value is -2.08. The van der Waals surface area contributed by atoms with E-state index in [2.05, 4.69) is 4.90 Å². The number of amides is 1. The third-order valence-electron chi connectivity index (χ3n) is 7.44. The lowest BCUT2D eigenvalue weighted by atomic mass is 9.74. The number of carbonyl (C=O) groups excluding carboxylic acids is 2. The van der Waals surface area contributed by atoms with Gasteiger partial charge in [-0.2, -0.15) is 0 Å². The van der Waals surface area contributed by atoms with E-state index >= 15 is 0 Å². The van der Waals surface area contributed by atoms with Crippen molar-refractivity contribution in [3.05, 3.63) is 29.3 Å². The van der Waals surface area contributed by atoms with Gasteiger partial charge in [0.05, 0.1) is 12.7 Å². The van der Waals surface area contributed by atoms with Gasteiger partial charge in [0.2, 0.25) is 5.91 Å². The van der Waals surface area contributed by atoms with Gasteiger partial charge in [-0.15, -0.1) is 0 Å². The fourth-order valence-corrected chi connectivity index (χ4v) is 5.46. The quantitative estimate of drug-likeness (QED) is 0.664. The zero-order valence-electron chi connectivity index (χ0n) is 19.0. The predicted molar refractivity (Wildman–Crippen MR) is 119 cm³/mol. The number of methoxy groups -OCH3 is 1. The maximum atomic E-state index is 13.1. The van der Waals surface area contributed by atoms with Crippen molar-refractivity contribution in [3.8, 4) is 5.75 Å². The van der Waals surface area contributed by atoms with Crippen LogP contribution in [0.1, 0.15) is 73.7 Å². The molecule has 0 radical (unpaired) electrons. The van der Waals surface area contributed by atoms with Crippen molar-refractivity contribution in [1.29, 1.82) is 0 Å². The number of carbonyl (C=O) groups is 2. The number of benzene rings is 1. The minimum absolute atomic E-state index is 0.0176. The Morgan fingerprint density at radius 2 is 1.84 bits per heavy atom. The summed E-state index contributed by atoms with van der Waals surface area (Å²) in [6.45, 7) is 4.07. The molecule has 0 atom stereocenters. The van der Waals surface area contributed by atoms with Crippen molar-refractivity contribution in [2.24, 2.45) is 5.92 Å². The van der Waals surface area contributed by atoms with E-state index in [1.165, 1.54) is 32.1 Å². The lowest BCUT2D eigenvalue weighted by Gasteiger charge is -2.37. The first-order valence-corrected chi connectivity index (χ1v) is 11.9. The molecular formula is C25H36N2O4. The van der Waals surface area contributed by atoms with Crippen molar-refractivity contribution in [2.45, 2.75) is 63.4 Å². The number of likely N-dealkylation sites (tertiary alicyclic amines) is 1. The molecule has 1 amide bonds. The Morgan fingerprint density at radius 1 is 1.16 bits per heavy atom. The number of ether oxygens (including phenoxy) is 2. The van der Waals surface area contributed by atoms with E-state index in [9.17, 15) is 9.59 Å². The third-order valence-corrected chi connectivity index (χ3v) is 7.44. The van der Waals surface area contributed by atoms with Crippen LogP contribution in [0.15, 0.2) is 18.2 Å². The average Bonchev–Trinajstić information content (AvgIpc) is 3.03. The van der Waals surface area contributed by atoms with E-state index < -0.39 is 5.60 Å². The summed E-state index contributed by atoms with van der Waals surface area (Å²) in [6, 6.07) is 5.61. The van der Waals surface area contributed by atoms with E-state index in [1.807, 2.05) is 24.1 Å². The highest BCUT2D eigenvalue weighted by molar-refractivity contribution is 5.95. The van der Waals surface area contributed by atoms with Crippen molar-refractivity contribution in [1.82, 2.24) is 9.80 Å². The summed E-state index contributed by atoms with van der Waals surface area (Å²) in [5.41, 5.74) is 0.989. The van der Waals surface area contributed by atoms with Gasteiger partial charge in [-0.05, 0) is 63.7 Å². The van der Waals surface area contributed by atoms with Crippen LogP contribution in [0.4, 0.5) is 0 Å². The molecule has 2 aliphatic heterocycles. The number of fused-ring (bicyclic) bond motifs is 2. The molecule has 2 fully saturated rings. The van der Waals surface area contributed by atoms with Crippen LogP contribution < -0.4 is 4.74 Å². The molecule has 0 unspecified atom stereocenters. The molecule has 170 valence electrons. The van der Waals surface area contributed by atoms with Crippen molar-refractivity contribution in [2.75, 3.05) is 40.3 Å². The Kier molecular flexibility index (Phi) is 6.85. The molecule has 4 rings (SSSR count). The summed E-state index contributed by atoms with van der Waals surface area (Å²) in [6.07, 6.45) is 9.48. The second-order valence-electron chi connectivity index (χ2n) is 9.44. The summed E-state index contributed by atoms with van der Waals surface area (Å²) in [7, 11) is 3.53. The van der Waals surface area contributed by atoms with E-state index in [0.717, 1.165) is 44.6 Å². The van der Waals surface area contributed by atoms with Crippen LogP contribution in [0.25, 0.3) is 0 Å². The molecule has 0 aromatic heterocycles. The lowest BCUT2D eigenvalue weighted by Crippen LogP contribution is -2.42. The lowest BCUT2D eigenvalue weighted by molar-refractivity contribution is -0.137. The minimum atomic E-state index is -0.571. The average molecular weight is 429 g/mol. The molecule has 1 aliphatic carbocycles. The van der Waals surface area contributed by atoms with Crippen LogP contribution in [-0.2, 0) is 15.1 Å². The number of likely N-dealkylation sites (N-methyl/N-ethyl adjacent to an activating group) is 1. The standard InChI is InChI=1S/C25H36N2O4/c1-26(16-17-27-14-6-4-3-5-7-15-27)23(28)19-10-12-25(13-11-19)22-9-8-20(30-2)18-21(22)24(29)31-25/h8-9,18-19H,3-7,10-17H2,1-2H3. The predicted octanol–water partition coefficient (Wildman–Crippen LogP) is 3.98. The first kappa shape index (κ1) is 22.1. The summed E-state index contributed by atoms with van der Waals surface area (Å²) in [5.74, 6) is 0.646. The minimum Gasteiger partial charge on any atom is -0.497 e. The molecule has 2 heterocycles. The maximum Gasteiger partial charge on any atom is 0.339 e. The van der Waals surface area contributed by atoms with E-state index in [1.54, 1.807) is 13.2 Å². The van der Waals surface area contributed by atoms with Gasteiger partial charge >= 0.3 is 5.97 Å². The highest BCUT2D eigenvalue weighted by Crippen LogP contribution is 2.49. The van der Waals surface area contributed by atoms with Crippen molar-refractivity contribution in [3.63, 3.8) is 0 Å². The molecule has 3 aliphatic rings. The molecule has 1 spiro atoms. The summed E-state index contributed by atoms with van der Waals surface area (Å²) in [4.78, 5) is 30.0. The van der Waals surface area contributed by atoms with E-state index in [-0.39, 0.29) is 17.8 Å². The summed E-state index contributed by atoms with van der Waals surface area (Å²) >= 11 is 0. The molecule has 0 bridgehead atoms. The second kappa shape index (κ2) is 9.60. The molecule has 1 saturated carbocycles. The normalized spacial score (nSPS) is 26.6. The Morgan fingerprint density at radius 3 is 2.52 bits per heavy atom. The highest BCUT2D eigenvalue weighted by atomic mass is 16.6. The number of esters is 1. The van der Waals surface area contributed by atoms with Gasteiger partial charge in [0.15, 0.2) is 0 Å². The summed E-state index contributed by atoms with van der Waals surface area (Å²) in [5, 5.41) is 0. The van der Waals surface area contributed by atoms with Crippen LogP contribution in [-0.4, -0.2) is 62.0 Å². The van der Waals surface area contributed by atoms with Crippen LogP contribution in [0, 0.1) is 5.92 Å². The topological polar surface area (TPSA) is 59.1 Å². The smallest absolute Gasteiger partial charge is 0.339 e. The van der Waals surface area contributed by atoms with Crippen LogP contribution >= 0.6 is 0 Å². The van der Waals surface area contributed by atoms with Crippen molar-refractivity contribution < 1.29 is 19.1 Å². The Bertz CT molecular complexity index is 793. The molecule has 1 aromatic carbocycles. The summed E-state index contributed by atoms with van der Waals surface area (Å²) < 4.78 is 11.1. The molecule has 1 aromatic rings. The molecule has 1 saturated heterocycles. The Labute approximate surface area is 185 Å². The van der Waals surface area contributed by atoms with Gasteiger partial charge in [-0.1, -0.05) is 25.3 Å². The molecular weight excluding hydrogens is 392 g/mol. The zero-order valence-corrected chi connectivity index (χ0v) is 19.0. The van der Waals surface area contributed by atoms with Crippen LogP contribution in [0.2, 0.25) is 0 Å². The van der Waals surface area contributed by atoms with E-state index in [0.29, 0.717) is 24.2 Å². The number of hydrogen-bond donors (Lipinski definition) is 0. The van der Waals surface area contributed by atoms with Gasteiger partial charge in [0, 0.05) is 31.6 Å². The number of rotatable bonds is 5. The number of hydrogen-bond acceptors (Lipinski definition) is 5. The Balaban J connectivity index is 1.31. The number of nitrogens with zero attached hydrogens (tertiary/aromatic N) is 2. The first-order valence-electron chi connectivity index (χ1n) is 11.9. The van der Waals surface area contributed by atoms with Gasteiger partial charge in [0.25, 0.3) is 0 Å². The fraction of sp³-hybridized carbons (Fsp3) is 0.680. The second-order valence-corrected chi connectivity index (χ2v) is 9.44. The van der Waals surface area contributed by atoms with Gasteiger partial charge in [-0.3, -0.25) is 4.79 Å².